The molecule has 1 aliphatic carbocycles. The zero-order valence-electron chi connectivity index (χ0n) is 20.5. The molecular weight excluding hydrogens is 429 g/mol. The first-order valence-electron chi connectivity index (χ1n) is 12.7. The smallest absolute Gasteiger partial charge is 0.455 e. The Hall–Kier alpha value is -2.38. The van der Waals surface area contributed by atoms with E-state index in [2.05, 4.69) is 19.9 Å². The van der Waals surface area contributed by atoms with Crippen LogP contribution in [0, 0.1) is 17.8 Å². The first-order chi connectivity index (χ1) is 16.3. The number of allylic oxidation sites excluding steroid dienone is 2. The van der Waals surface area contributed by atoms with Crippen molar-refractivity contribution in [3.8, 4) is 5.75 Å². The molecule has 2 saturated heterocycles. The summed E-state index contributed by atoms with van der Waals surface area (Å²) in [6.07, 6.45) is 7.04. The van der Waals surface area contributed by atoms with Gasteiger partial charge in [0, 0.05) is 6.54 Å². The molecule has 3 aliphatic rings. The lowest BCUT2D eigenvalue weighted by Crippen LogP contribution is -2.46. The van der Waals surface area contributed by atoms with Gasteiger partial charge >= 0.3 is 7.12 Å². The number of phenolic OH excluding ortho intramolecular Hbond substituents is 1. The first-order valence-corrected chi connectivity index (χ1v) is 12.7. The summed E-state index contributed by atoms with van der Waals surface area (Å²) in [5.41, 5.74) is 4.49. The van der Waals surface area contributed by atoms with Crippen LogP contribution in [0.4, 0.5) is 0 Å². The topological polar surface area (TPSA) is 87.1 Å². The molecule has 7 heteroatoms. The van der Waals surface area contributed by atoms with Gasteiger partial charge in [0.05, 0.1) is 17.9 Å². The van der Waals surface area contributed by atoms with Crippen LogP contribution in [-0.2, 0) is 14.2 Å². The minimum atomic E-state index is -0.932. The summed E-state index contributed by atoms with van der Waals surface area (Å²) in [6, 6.07) is 7.23. The van der Waals surface area contributed by atoms with Gasteiger partial charge in [-0.25, -0.2) is 0 Å². The average Bonchev–Trinajstić information content (AvgIpc) is 3.02. The lowest BCUT2D eigenvalue weighted by molar-refractivity contribution is -0.140. The summed E-state index contributed by atoms with van der Waals surface area (Å²) in [7, 11) is -0.932. The van der Waals surface area contributed by atoms with E-state index < -0.39 is 7.12 Å². The highest BCUT2D eigenvalue weighted by Gasteiger charge is 2.56. The van der Waals surface area contributed by atoms with E-state index in [4.69, 9.17) is 4.65 Å². The van der Waals surface area contributed by atoms with Gasteiger partial charge in [0.25, 0.3) is 0 Å². The molecule has 2 heterocycles. The largest absolute Gasteiger partial charge is 0.508 e. The standard InChI is InChI=1S/C27H36BNO5/c1-4-7-18(14-19-8-6-9-20(30)15-19)10-11-23-24-17(3)13-21-25(22(24)16-28(33)34-23)27(32)29(12-5-2)26(21)31/h6,8-9,14-15,21-23,25,30,33H,4-5,7,10-13,16H2,1-3H3/b18-14+/t21-,22+,23-,25-/m1/s1. The van der Waals surface area contributed by atoms with Crippen molar-refractivity contribution in [2.45, 2.75) is 71.7 Å². The third kappa shape index (κ3) is 4.87. The maximum absolute atomic E-state index is 13.2. The maximum atomic E-state index is 13.2. The van der Waals surface area contributed by atoms with Crippen LogP contribution in [0.2, 0.25) is 6.32 Å². The number of carbonyl (C=O) groups excluding carboxylic acids is 2. The molecule has 2 aliphatic heterocycles. The zero-order valence-corrected chi connectivity index (χ0v) is 20.5. The number of nitrogens with zero attached hydrogens (tertiary/aromatic N) is 1. The Morgan fingerprint density at radius 2 is 1.97 bits per heavy atom. The van der Waals surface area contributed by atoms with Crippen LogP contribution in [0.1, 0.15) is 64.9 Å². The number of fused-ring (bicyclic) bond motifs is 3. The third-order valence-electron chi connectivity index (χ3n) is 7.53. The van der Waals surface area contributed by atoms with Crippen LogP contribution in [0.15, 0.2) is 41.0 Å². The number of likely N-dealkylation sites (tertiary alicyclic amines) is 1. The molecule has 4 rings (SSSR count). The Balaban J connectivity index is 1.56. The highest BCUT2D eigenvalue weighted by molar-refractivity contribution is 6.43. The highest BCUT2D eigenvalue weighted by Crippen LogP contribution is 2.50. The van der Waals surface area contributed by atoms with E-state index in [1.54, 1.807) is 12.1 Å². The van der Waals surface area contributed by atoms with Crippen molar-refractivity contribution in [3.05, 3.63) is 46.5 Å². The van der Waals surface area contributed by atoms with E-state index in [1.807, 2.05) is 19.1 Å². The Labute approximate surface area is 202 Å². The SMILES string of the molecule is CCC/C(=C\c1cccc(O)c1)CC[C@H]1OB(O)C[C@H]2C1=C(C)C[C@H]1C(=O)N(CCC)C(=O)[C@H]12. The molecule has 2 fully saturated rings. The van der Waals surface area contributed by atoms with Crippen molar-refractivity contribution in [1.29, 1.82) is 0 Å². The Bertz CT molecular complexity index is 1000. The van der Waals surface area contributed by atoms with Crippen molar-refractivity contribution in [2.75, 3.05) is 6.54 Å². The summed E-state index contributed by atoms with van der Waals surface area (Å²) in [6.45, 7) is 6.65. The Kier molecular flexibility index (Phi) is 7.63. The van der Waals surface area contributed by atoms with Gasteiger partial charge in [0.2, 0.25) is 11.8 Å². The van der Waals surface area contributed by atoms with Gasteiger partial charge in [0.15, 0.2) is 0 Å². The number of hydrogen-bond donors (Lipinski definition) is 2. The predicted octanol–water partition coefficient (Wildman–Crippen LogP) is 4.58. The minimum Gasteiger partial charge on any atom is -0.508 e. The second-order valence-electron chi connectivity index (χ2n) is 10.0. The number of imide groups is 1. The minimum absolute atomic E-state index is 0.0490. The van der Waals surface area contributed by atoms with Gasteiger partial charge in [0.1, 0.15) is 5.75 Å². The van der Waals surface area contributed by atoms with E-state index in [9.17, 15) is 19.7 Å². The van der Waals surface area contributed by atoms with Crippen LogP contribution >= 0.6 is 0 Å². The molecule has 0 unspecified atom stereocenters. The normalized spacial score (nSPS) is 27.4. The van der Waals surface area contributed by atoms with E-state index in [0.717, 1.165) is 42.4 Å². The predicted molar refractivity (Wildman–Crippen MR) is 133 cm³/mol. The Morgan fingerprint density at radius 3 is 2.68 bits per heavy atom. The second kappa shape index (κ2) is 10.5. The summed E-state index contributed by atoms with van der Waals surface area (Å²) in [5.74, 6) is -0.703. The van der Waals surface area contributed by atoms with Crippen LogP contribution in [-0.4, -0.2) is 46.6 Å². The summed E-state index contributed by atoms with van der Waals surface area (Å²) >= 11 is 0. The van der Waals surface area contributed by atoms with Crippen LogP contribution in [0.3, 0.4) is 0 Å². The number of benzene rings is 1. The molecule has 2 N–H and O–H groups in total. The number of aromatic hydroxyl groups is 1. The summed E-state index contributed by atoms with van der Waals surface area (Å²) in [4.78, 5) is 27.6. The number of phenols is 1. The van der Waals surface area contributed by atoms with Gasteiger partial charge < -0.3 is 14.8 Å². The van der Waals surface area contributed by atoms with Gasteiger partial charge in [-0.15, -0.1) is 0 Å². The third-order valence-corrected chi connectivity index (χ3v) is 7.53. The second-order valence-corrected chi connectivity index (χ2v) is 10.0. The molecule has 0 saturated carbocycles. The zero-order chi connectivity index (χ0) is 24.4. The maximum Gasteiger partial charge on any atom is 0.455 e. The van der Waals surface area contributed by atoms with Crippen LogP contribution in [0.25, 0.3) is 6.08 Å². The van der Waals surface area contributed by atoms with E-state index >= 15 is 0 Å². The first kappa shape index (κ1) is 24.7. The molecule has 34 heavy (non-hydrogen) atoms. The highest BCUT2D eigenvalue weighted by atomic mass is 16.5. The fraction of sp³-hybridized carbons (Fsp3) is 0.556. The lowest BCUT2D eigenvalue weighted by atomic mass is 9.58. The molecule has 2 amide bonds. The van der Waals surface area contributed by atoms with E-state index in [1.165, 1.54) is 10.5 Å². The molecule has 6 nitrogen and oxygen atoms in total. The molecule has 0 bridgehead atoms. The molecule has 0 spiro atoms. The number of amides is 2. The average molecular weight is 465 g/mol. The fourth-order valence-corrected chi connectivity index (χ4v) is 6.19. The number of carbonyl (C=O) groups is 2. The van der Waals surface area contributed by atoms with Crippen molar-refractivity contribution in [2.24, 2.45) is 17.8 Å². The Morgan fingerprint density at radius 1 is 1.18 bits per heavy atom. The number of hydrogen-bond acceptors (Lipinski definition) is 5. The molecule has 0 aromatic heterocycles. The quantitative estimate of drug-likeness (QED) is 0.333. The van der Waals surface area contributed by atoms with E-state index in [0.29, 0.717) is 25.7 Å². The number of rotatable bonds is 8. The monoisotopic (exact) mass is 465 g/mol. The lowest BCUT2D eigenvalue weighted by Gasteiger charge is -2.42. The van der Waals surface area contributed by atoms with Crippen LogP contribution < -0.4 is 0 Å². The van der Waals surface area contributed by atoms with Crippen molar-refractivity contribution < 1.29 is 24.4 Å². The fourth-order valence-electron chi connectivity index (χ4n) is 6.19. The summed E-state index contributed by atoms with van der Waals surface area (Å²) in [5, 5.41) is 20.4. The summed E-state index contributed by atoms with van der Waals surface area (Å²) < 4.78 is 6.03. The molecule has 1 aromatic rings. The van der Waals surface area contributed by atoms with Crippen LogP contribution in [0.5, 0.6) is 5.75 Å². The van der Waals surface area contributed by atoms with Gasteiger partial charge in [-0.1, -0.05) is 49.6 Å². The van der Waals surface area contributed by atoms with Crippen molar-refractivity contribution in [1.82, 2.24) is 4.90 Å². The van der Waals surface area contributed by atoms with Crippen molar-refractivity contribution in [3.63, 3.8) is 0 Å². The van der Waals surface area contributed by atoms with E-state index in [-0.39, 0.29) is 41.4 Å². The molecular formula is C27H36BNO5. The molecule has 4 atom stereocenters. The van der Waals surface area contributed by atoms with Crippen molar-refractivity contribution >= 4 is 25.0 Å². The van der Waals surface area contributed by atoms with Gasteiger partial charge in [-0.2, -0.15) is 0 Å². The molecule has 182 valence electrons. The molecule has 0 radical (unpaired) electrons. The van der Waals surface area contributed by atoms with Gasteiger partial charge in [-0.05, 0) is 74.5 Å². The van der Waals surface area contributed by atoms with Gasteiger partial charge in [-0.3, -0.25) is 14.5 Å². The molecule has 1 aromatic carbocycles.